The van der Waals surface area contributed by atoms with Gasteiger partial charge in [0.2, 0.25) is 0 Å². The molecule has 0 spiro atoms. The van der Waals surface area contributed by atoms with Crippen molar-refractivity contribution in [2.75, 3.05) is 5.75 Å². The van der Waals surface area contributed by atoms with Gasteiger partial charge in [-0.05, 0) is 34.9 Å². The molecule has 0 aliphatic carbocycles. The van der Waals surface area contributed by atoms with Crippen molar-refractivity contribution in [3.8, 4) is 22.5 Å². The molecule has 0 saturated carbocycles. The first-order valence-corrected chi connectivity index (χ1v) is 13.0. The maximum atomic E-state index is 13.7. The fourth-order valence-corrected chi connectivity index (χ4v) is 5.08. The number of hydrogen-bond donors (Lipinski definition) is 1. The summed E-state index contributed by atoms with van der Waals surface area (Å²) >= 11 is 1.57. The predicted molar refractivity (Wildman–Crippen MR) is 147 cm³/mol. The quantitative estimate of drug-likeness (QED) is 0.187. The molecule has 0 aliphatic rings. The number of nitrogens with zero attached hydrogens (tertiary/aromatic N) is 3. The van der Waals surface area contributed by atoms with Gasteiger partial charge < -0.3 is 1.43 Å². The second-order valence-electron chi connectivity index (χ2n) is 8.63. The molecule has 0 unspecified atom stereocenters. The van der Waals surface area contributed by atoms with Crippen LogP contribution >= 0.6 is 11.8 Å². The number of H-pyrrole nitrogens is 1. The number of aryl methyl sites for hydroxylation is 1. The Bertz CT molecular complexity index is 1650. The van der Waals surface area contributed by atoms with Crippen LogP contribution in [0.2, 0.25) is 0 Å². The first-order valence-electron chi connectivity index (χ1n) is 12.0. The average Bonchev–Trinajstić information content (AvgIpc) is 3.36. The van der Waals surface area contributed by atoms with Gasteiger partial charge in [0, 0.05) is 23.2 Å². The second kappa shape index (κ2) is 12.6. The molecule has 0 atom stereocenters. The van der Waals surface area contributed by atoms with Crippen LogP contribution in [0, 0.1) is 6.92 Å². The summed E-state index contributed by atoms with van der Waals surface area (Å²) < 4.78 is 6.47. The van der Waals surface area contributed by atoms with Gasteiger partial charge in [-0.25, -0.2) is 9.78 Å². The summed E-state index contributed by atoms with van der Waals surface area (Å²) in [5.41, 5.74) is 6.23. The largest absolute Gasteiger partial charge is 1.00 e. The van der Waals surface area contributed by atoms with Crippen LogP contribution < -0.4 is 40.9 Å². The Morgan fingerprint density at radius 1 is 0.921 bits per heavy atom. The van der Waals surface area contributed by atoms with E-state index in [1.54, 1.807) is 16.3 Å². The van der Waals surface area contributed by atoms with Crippen LogP contribution in [0.3, 0.4) is 0 Å². The summed E-state index contributed by atoms with van der Waals surface area (Å²) in [6, 6.07) is 25.7. The number of benzene rings is 3. The first kappa shape index (κ1) is 27.9. The minimum absolute atomic E-state index is 0. The number of hydrogen-bond acceptors (Lipinski definition) is 6. The molecule has 38 heavy (non-hydrogen) atoms. The molecular weight excluding hydrogens is 507 g/mol. The molecule has 9 heteroatoms. The monoisotopic (exact) mass is 534 g/mol. The first-order chi connectivity index (χ1) is 18.0. The summed E-state index contributed by atoms with van der Waals surface area (Å²) in [4.78, 5) is 32.5. The summed E-state index contributed by atoms with van der Waals surface area (Å²) in [5, 5.41) is 4.57. The van der Waals surface area contributed by atoms with E-state index in [0.717, 1.165) is 50.0 Å². The molecule has 3 aromatic carbocycles. The molecule has 2 heterocycles. The summed E-state index contributed by atoms with van der Waals surface area (Å²) in [5.74, 6) is 0.614. The molecule has 0 bridgehead atoms. The van der Waals surface area contributed by atoms with Gasteiger partial charge in [0.05, 0.1) is 6.54 Å². The van der Waals surface area contributed by atoms with Crippen LogP contribution in [-0.4, -0.2) is 25.4 Å². The summed E-state index contributed by atoms with van der Waals surface area (Å²) in [6.07, 6.45) is 0.551. The van der Waals surface area contributed by atoms with E-state index < -0.39 is 5.76 Å². The van der Waals surface area contributed by atoms with Crippen LogP contribution in [0.25, 0.3) is 22.5 Å². The molecule has 0 amide bonds. The summed E-state index contributed by atoms with van der Waals surface area (Å²) in [7, 11) is 0. The van der Waals surface area contributed by atoms with Gasteiger partial charge >= 0.3 is 35.3 Å². The Morgan fingerprint density at radius 3 is 2.26 bits per heavy atom. The SMILES string of the molecule is CCSc1nc(C)c(Cc2ccccc2)c(=O)n1Cc1ccc(-c2ccccc2-c2noc(=O)[nH]2)cc1.[H-].[Na+]. The van der Waals surface area contributed by atoms with Gasteiger partial charge in [-0.1, -0.05) is 103 Å². The standard InChI is InChI=1S/C29H26N4O3S.Na.H/c1-3-37-28-30-19(2)25(17-20-9-5-4-6-10-20)27(34)33(28)18-21-13-15-22(16-14-21)23-11-7-8-12-24(23)26-31-29(35)36-32-26;;/h4-16H,3,17-18H2,1-2H3,(H,31,32,35);;/q;+1;-1. The van der Waals surface area contributed by atoms with Crippen molar-refractivity contribution in [1.29, 1.82) is 0 Å². The second-order valence-corrected chi connectivity index (χ2v) is 9.86. The Hall–Kier alpha value is -3.17. The van der Waals surface area contributed by atoms with Crippen molar-refractivity contribution in [2.24, 2.45) is 0 Å². The molecule has 2 aromatic heterocycles. The fraction of sp³-hybridized carbons (Fsp3) is 0.172. The number of aromatic amines is 1. The molecular formula is C29H27N4NaO3S. The van der Waals surface area contributed by atoms with Crippen LogP contribution in [0.4, 0.5) is 0 Å². The van der Waals surface area contributed by atoms with E-state index in [2.05, 4.69) is 17.1 Å². The minimum Gasteiger partial charge on any atom is -1.00 e. The molecule has 1 N–H and O–H groups in total. The molecule has 5 aromatic rings. The Labute approximate surface area is 248 Å². The average molecular weight is 535 g/mol. The van der Waals surface area contributed by atoms with Crippen LogP contribution in [0.5, 0.6) is 0 Å². The maximum absolute atomic E-state index is 13.7. The van der Waals surface area contributed by atoms with Gasteiger partial charge in [0.15, 0.2) is 11.0 Å². The number of nitrogens with one attached hydrogen (secondary N) is 1. The molecule has 0 fully saturated rings. The number of rotatable bonds is 8. The maximum Gasteiger partial charge on any atom is 1.00 e. The van der Waals surface area contributed by atoms with Crippen molar-refractivity contribution in [3.63, 3.8) is 0 Å². The molecule has 0 aliphatic heterocycles. The number of thioether (sulfide) groups is 1. The van der Waals surface area contributed by atoms with Gasteiger partial charge in [0.1, 0.15) is 0 Å². The zero-order chi connectivity index (χ0) is 25.8. The Kier molecular flexibility index (Phi) is 9.22. The van der Waals surface area contributed by atoms with Gasteiger partial charge in [-0.3, -0.25) is 18.9 Å². The molecule has 5 rings (SSSR count). The smallest absolute Gasteiger partial charge is 1.00 e. The third kappa shape index (κ3) is 6.10. The molecule has 7 nitrogen and oxygen atoms in total. The van der Waals surface area contributed by atoms with Gasteiger partial charge in [0.25, 0.3) is 5.56 Å². The predicted octanol–water partition coefficient (Wildman–Crippen LogP) is 2.43. The van der Waals surface area contributed by atoms with Gasteiger partial charge in [-0.15, -0.1) is 0 Å². The van der Waals surface area contributed by atoms with Crippen LogP contribution in [0.15, 0.2) is 98.1 Å². The van der Waals surface area contributed by atoms with E-state index in [4.69, 9.17) is 9.51 Å². The van der Waals surface area contributed by atoms with Crippen molar-refractivity contribution in [2.45, 2.75) is 32.0 Å². The Morgan fingerprint density at radius 2 is 1.61 bits per heavy atom. The van der Waals surface area contributed by atoms with E-state index >= 15 is 0 Å². The zero-order valence-electron chi connectivity index (χ0n) is 22.6. The van der Waals surface area contributed by atoms with E-state index in [9.17, 15) is 9.59 Å². The van der Waals surface area contributed by atoms with Crippen LogP contribution in [-0.2, 0) is 13.0 Å². The van der Waals surface area contributed by atoms with Crippen molar-refractivity contribution in [1.82, 2.24) is 19.7 Å². The topological polar surface area (TPSA) is 93.8 Å². The molecule has 0 radical (unpaired) electrons. The molecule has 188 valence electrons. The normalized spacial score (nSPS) is 10.8. The third-order valence-corrected chi connectivity index (χ3v) is 7.02. The van der Waals surface area contributed by atoms with E-state index in [-0.39, 0.29) is 36.5 Å². The number of aromatic nitrogens is 4. The van der Waals surface area contributed by atoms with E-state index in [1.807, 2.05) is 85.8 Å². The fourth-order valence-electron chi connectivity index (χ4n) is 4.32. The van der Waals surface area contributed by atoms with E-state index in [0.29, 0.717) is 18.8 Å². The minimum atomic E-state index is -0.593. The van der Waals surface area contributed by atoms with Crippen molar-refractivity contribution in [3.05, 3.63) is 122 Å². The van der Waals surface area contributed by atoms with Crippen molar-refractivity contribution >= 4 is 11.8 Å². The zero-order valence-corrected chi connectivity index (χ0v) is 24.4. The summed E-state index contributed by atoms with van der Waals surface area (Å²) in [6.45, 7) is 4.40. The van der Waals surface area contributed by atoms with Gasteiger partial charge in [-0.2, -0.15) is 0 Å². The van der Waals surface area contributed by atoms with Crippen molar-refractivity contribution < 1.29 is 35.5 Å². The third-order valence-electron chi connectivity index (χ3n) is 6.16. The van der Waals surface area contributed by atoms with E-state index in [1.165, 1.54) is 0 Å². The molecule has 0 saturated heterocycles. The van der Waals surface area contributed by atoms with Crippen LogP contribution in [0.1, 0.15) is 30.7 Å². The Balaban J connectivity index is 0.00000210.